The molecule has 0 bridgehead atoms. The fourth-order valence-electron chi connectivity index (χ4n) is 2.38. The van der Waals surface area contributed by atoms with Crippen molar-refractivity contribution in [3.8, 4) is 17.6 Å². The monoisotopic (exact) mass is 262 g/mol. The fraction of sp³-hybridized carbons (Fsp3) is 0.118. The zero-order valence-electron chi connectivity index (χ0n) is 11.4. The molecule has 2 aromatic carbocycles. The minimum Gasteiger partial charge on any atom is -0.457 e. The maximum absolute atomic E-state index is 9.31. The summed E-state index contributed by atoms with van der Waals surface area (Å²) >= 11 is 0. The molecule has 3 rings (SSSR count). The largest absolute Gasteiger partial charge is 0.457 e. The van der Waals surface area contributed by atoms with E-state index in [-0.39, 0.29) is 0 Å². The van der Waals surface area contributed by atoms with Crippen LogP contribution >= 0.6 is 0 Å². The van der Waals surface area contributed by atoms with E-state index in [1.54, 1.807) is 0 Å². The Morgan fingerprint density at radius 2 is 1.80 bits per heavy atom. The molecule has 98 valence electrons. The van der Waals surface area contributed by atoms with Crippen LogP contribution in [0.2, 0.25) is 0 Å². The SMILES string of the molecule is Cc1c(C#N)c2cc(Oc3ccccc3)ccc2n1C. The first-order valence-corrected chi connectivity index (χ1v) is 6.42. The van der Waals surface area contributed by atoms with E-state index in [1.807, 2.05) is 67.1 Å². The molecule has 0 aliphatic heterocycles. The molecule has 0 atom stereocenters. The number of hydrogen-bond acceptors (Lipinski definition) is 2. The molecule has 0 spiro atoms. The number of hydrogen-bond donors (Lipinski definition) is 0. The van der Waals surface area contributed by atoms with Gasteiger partial charge in [-0.3, -0.25) is 0 Å². The molecular weight excluding hydrogens is 248 g/mol. The van der Waals surface area contributed by atoms with Gasteiger partial charge in [0, 0.05) is 23.6 Å². The Labute approximate surface area is 117 Å². The van der Waals surface area contributed by atoms with Crippen LogP contribution in [0.15, 0.2) is 48.5 Å². The first-order chi connectivity index (χ1) is 9.70. The van der Waals surface area contributed by atoms with E-state index in [9.17, 15) is 5.26 Å². The molecule has 0 aliphatic carbocycles. The van der Waals surface area contributed by atoms with Crippen molar-refractivity contribution in [3.05, 3.63) is 59.8 Å². The average Bonchev–Trinajstić information content (AvgIpc) is 2.71. The van der Waals surface area contributed by atoms with Gasteiger partial charge in [-0.25, -0.2) is 0 Å². The normalized spacial score (nSPS) is 10.4. The van der Waals surface area contributed by atoms with E-state index in [0.29, 0.717) is 5.56 Å². The summed E-state index contributed by atoms with van der Waals surface area (Å²) in [5.74, 6) is 1.53. The Hall–Kier alpha value is -2.73. The van der Waals surface area contributed by atoms with Crippen molar-refractivity contribution < 1.29 is 4.74 Å². The van der Waals surface area contributed by atoms with Crippen LogP contribution in [0.4, 0.5) is 0 Å². The molecule has 20 heavy (non-hydrogen) atoms. The zero-order valence-corrected chi connectivity index (χ0v) is 11.4. The molecule has 3 heteroatoms. The molecule has 0 fully saturated rings. The highest BCUT2D eigenvalue weighted by Crippen LogP contribution is 2.30. The van der Waals surface area contributed by atoms with E-state index in [2.05, 4.69) is 6.07 Å². The zero-order chi connectivity index (χ0) is 14.1. The number of nitrogens with zero attached hydrogens (tertiary/aromatic N) is 2. The van der Waals surface area contributed by atoms with Crippen LogP contribution in [0, 0.1) is 18.3 Å². The third-order valence-electron chi connectivity index (χ3n) is 3.55. The number of aryl methyl sites for hydroxylation is 1. The second kappa shape index (κ2) is 4.75. The number of aromatic nitrogens is 1. The van der Waals surface area contributed by atoms with Crippen molar-refractivity contribution in [1.82, 2.24) is 4.57 Å². The molecule has 0 amide bonds. The third-order valence-corrected chi connectivity index (χ3v) is 3.55. The second-order valence-corrected chi connectivity index (χ2v) is 4.73. The molecule has 0 saturated heterocycles. The molecule has 0 saturated carbocycles. The quantitative estimate of drug-likeness (QED) is 0.695. The number of benzene rings is 2. The predicted octanol–water partition coefficient (Wildman–Crippen LogP) is 4.15. The van der Waals surface area contributed by atoms with Crippen molar-refractivity contribution in [3.63, 3.8) is 0 Å². The summed E-state index contributed by atoms with van der Waals surface area (Å²) in [4.78, 5) is 0. The number of para-hydroxylation sites is 1. The van der Waals surface area contributed by atoms with Gasteiger partial charge in [-0.2, -0.15) is 5.26 Å². The van der Waals surface area contributed by atoms with E-state index >= 15 is 0 Å². The highest BCUT2D eigenvalue weighted by Gasteiger charge is 2.12. The molecule has 3 nitrogen and oxygen atoms in total. The molecule has 0 unspecified atom stereocenters. The Balaban J connectivity index is 2.09. The van der Waals surface area contributed by atoms with Gasteiger partial charge in [0.05, 0.1) is 5.56 Å². The van der Waals surface area contributed by atoms with Crippen LogP contribution < -0.4 is 4.74 Å². The van der Waals surface area contributed by atoms with E-state index < -0.39 is 0 Å². The van der Waals surface area contributed by atoms with Gasteiger partial charge < -0.3 is 9.30 Å². The smallest absolute Gasteiger partial charge is 0.128 e. The number of ether oxygens (including phenoxy) is 1. The predicted molar refractivity (Wildman–Crippen MR) is 78.9 cm³/mol. The maximum Gasteiger partial charge on any atom is 0.128 e. The maximum atomic E-state index is 9.31. The molecular formula is C17H14N2O. The minimum atomic E-state index is 0.709. The third kappa shape index (κ3) is 1.92. The van der Waals surface area contributed by atoms with Gasteiger partial charge in [-0.1, -0.05) is 18.2 Å². The van der Waals surface area contributed by atoms with Crippen LogP contribution in [0.5, 0.6) is 11.5 Å². The lowest BCUT2D eigenvalue weighted by molar-refractivity contribution is 0.483. The summed E-state index contributed by atoms with van der Waals surface area (Å²) in [6, 6.07) is 17.7. The molecule has 0 radical (unpaired) electrons. The average molecular weight is 262 g/mol. The van der Waals surface area contributed by atoms with Gasteiger partial charge in [0.2, 0.25) is 0 Å². The summed E-state index contributed by atoms with van der Waals surface area (Å²) in [6.07, 6.45) is 0. The molecule has 0 aliphatic rings. The molecule has 0 N–H and O–H groups in total. The van der Waals surface area contributed by atoms with Crippen molar-refractivity contribution in [2.24, 2.45) is 7.05 Å². The van der Waals surface area contributed by atoms with Gasteiger partial charge in [-0.15, -0.1) is 0 Å². The summed E-state index contributed by atoms with van der Waals surface area (Å²) in [5.41, 5.74) is 2.72. The highest BCUT2D eigenvalue weighted by molar-refractivity contribution is 5.89. The Bertz CT molecular complexity index is 810. The van der Waals surface area contributed by atoms with Crippen molar-refractivity contribution in [2.75, 3.05) is 0 Å². The number of fused-ring (bicyclic) bond motifs is 1. The van der Waals surface area contributed by atoms with Gasteiger partial charge in [-0.05, 0) is 37.3 Å². The molecule has 3 aromatic rings. The summed E-state index contributed by atoms with van der Waals surface area (Å²) in [7, 11) is 1.97. The summed E-state index contributed by atoms with van der Waals surface area (Å²) in [5, 5.41) is 10.2. The lowest BCUT2D eigenvalue weighted by Gasteiger charge is -2.05. The Morgan fingerprint density at radius 3 is 2.50 bits per heavy atom. The van der Waals surface area contributed by atoms with E-state index in [0.717, 1.165) is 28.1 Å². The Morgan fingerprint density at radius 1 is 1.05 bits per heavy atom. The van der Waals surface area contributed by atoms with Crippen molar-refractivity contribution in [2.45, 2.75) is 6.92 Å². The summed E-state index contributed by atoms with van der Waals surface area (Å²) in [6.45, 7) is 1.95. The Kier molecular flexibility index (Phi) is 2.92. The van der Waals surface area contributed by atoms with E-state index in [4.69, 9.17) is 4.74 Å². The van der Waals surface area contributed by atoms with Crippen LogP contribution in [-0.4, -0.2) is 4.57 Å². The first kappa shape index (κ1) is 12.3. The standard InChI is InChI=1S/C17H14N2O/c1-12-16(11-18)15-10-14(8-9-17(15)19(12)2)20-13-6-4-3-5-7-13/h3-10H,1-2H3. The van der Waals surface area contributed by atoms with Crippen molar-refractivity contribution in [1.29, 1.82) is 5.26 Å². The van der Waals surface area contributed by atoms with E-state index in [1.165, 1.54) is 0 Å². The van der Waals surface area contributed by atoms with Crippen molar-refractivity contribution >= 4 is 10.9 Å². The van der Waals surface area contributed by atoms with Gasteiger partial charge >= 0.3 is 0 Å². The second-order valence-electron chi connectivity index (χ2n) is 4.73. The van der Waals surface area contributed by atoms with Crippen LogP contribution in [0.25, 0.3) is 10.9 Å². The van der Waals surface area contributed by atoms with Gasteiger partial charge in [0.15, 0.2) is 0 Å². The van der Waals surface area contributed by atoms with Gasteiger partial charge in [0.1, 0.15) is 17.6 Å². The minimum absolute atomic E-state index is 0.709. The topological polar surface area (TPSA) is 37.9 Å². The van der Waals surface area contributed by atoms with Crippen LogP contribution in [0.1, 0.15) is 11.3 Å². The van der Waals surface area contributed by atoms with Crippen LogP contribution in [0.3, 0.4) is 0 Å². The van der Waals surface area contributed by atoms with Gasteiger partial charge in [0.25, 0.3) is 0 Å². The number of rotatable bonds is 2. The number of nitriles is 1. The summed E-state index contributed by atoms with van der Waals surface area (Å²) < 4.78 is 7.84. The molecule has 1 heterocycles. The lowest BCUT2D eigenvalue weighted by atomic mass is 10.1. The lowest BCUT2D eigenvalue weighted by Crippen LogP contribution is -1.90. The highest BCUT2D eigenvalue weighted by atomic mass is 16.5. The first-order valence-electron chi connectivity index (χ1n) is 6.42. The molecule has 1 aromatic heterocycles. The van der Waals surface area contributed by atoms with Crippen LogP contribution in [-0.2, 0) is 7.05 Å². The fourth-order valence-corrected chi connectivity index (χ4v) is 2.38.